The molecule has 4 rings (SSSR count). The molecule has 142 valence electrons. The van der Waals surface area contributed by atoms with Crippen LogP contribution in [0.4, 0.5) is 28.8 Å². The van der Waals surface area contributed by atoms with Crippen molar-refractivity contribution in [2.75, 3.05) is 16.0 Å². The lowest BCUT2D eigenvalue weighted by atomic mass is 10.1. The summed E-state index contributed by atoms with van der Waals surface area (Å²) in [5.41, 5.74) is 0.642. The second kappa shape index (κ2) is 6.49. The second-order valence-corrected chi connectivity index (χ2v) is 7.47. The molecule has 2 aromatic heterocycles. The van der Waals surface area contributed by atoms with Crippen molar-refractivity contribution in [2.45, 2.75) is 26.3 Å². The first kappa shape index (κ1) is 17.7. The lowest BCUT2D eigenvalue weighted by molar-refractivity contribution is 0.616. The van der Waals surface area contributed by atoms with E-state index in [2.05, 4.69) is 25.9 Å². The van der Waals surface area contributed by atoms with Crippen molar-refractivity contribution < 1.29 is 4.42 Å². The van der Waals surface area contributed by atoms with E-state index >= 15 is 0 Å². The third-order valence-electron chi connectivity index (χ3n) is 4.03. The van der Waals surface area contributed by atoms with Gasteiger partial charge in [-0.2, -0.15) is 4.98 Å². The molecule has 0 saturated heterocycles. The van der Waals surface area contributed by atoms with E-state index in [0.29, 0.717) is 11.8 Å². The van der Waals surface area contributed by atoms with Crippen LogP contribution >= 0.6 is 0 Å². The van der Waals surface area contributed by atoms with Gasteiger partial charge in [0.25, 0.3) is 10.9 Å². The van der Waals surface area contributed by atoms with Gasteiger partial charge in [0, 0.05) is 22.8 Å². The lowest BCUT2D eigenvalue weighted by Crippen LogP contribution is -2.41. The van der Waals surface area contributed by atoms with E-state index in [0.717, 1.165) is 16.7 Å². The van der Waals surface area contributed by atoms with E-state index in [1.54, 1.807) is 18.5 Å². The lowest BCUT2D eigenvalue weighted by Gasteiger charge is -2.24. The third kappa shape index (κ3) is 3.44. The van der Waals surface area contributed by atoms with Gasteiger partial charge in [-0.3, -0.25) is 9.59 Å². The molecule has 3 N–H and O–H groups in total. The average molecular weight is 377 g/mol. The first-order valence-electron chi connectivity index (χ1n) is 8.76. The normalized spacial score (nSPS) is 11.7. The van der Waals surface area contributed by atoms with Gasteiger partial charge in [-0.15, -0.1) is 0 Å². The number of anilines is 5. The smallest absolute Gasteiger partial charge is 0.253 e. The Balaban J connectivity index is 1.55. The quantitative estimate of drug-likeness (QED) is 0.453. The van der Waals surface area contributed by atoms with Gasteiger partial charge in [-0.05, 0) is 51.1 Å². The molecule has 0 aliphatic heterocycles. The Morgan fingerprint density at radius 2 is 1.75 bits per heavy atom. The number of fused-ring (bicyclic) bond motifs is 1. The van der Waals surface area contributed by atoms with Crippen LogP contribution in [0.15, 0.2) is 56.8 Å². The maximum absolute atomic E-state index is 12.0. The molecule has 0 unspecified atom stereocenters. The highest BCUT2D eigenvalue weighted by molar-refractivity contribution is 5.82. The predicted octanol–water partition coefficient (Wildman–Crippen LogP) is 3.52. The number of aromatic nitrogens is 2. The molecular formula is C20H19N5O3. The number of nitrogens with zero attached hydrogens (tertiary/aromatic N) is 2. The van der Waals surface area contributed by atoms with E-state index in [1.165, 1.54) is 0 Å². The van der Waals surface area contributed by atoms with Gasteiger partial charge in [-0.25, -0.2) is 4.98 Å². The standard InChI is InChI=1S/C20H19N5O3/c1-20(2,3)25-16-15(17(26)18(16)27)23-14-6-8-21-19(24-14)22-12-4-5-13-11(10-12)7-9-28-13/h4-10,25H,1-3H3,(H2,21,22,23,24). The van der Waals surface area contributed by atoms with Gasteiger partial charge in [0.2, 0.25) is 5.95 Å². The van der Waals surface area contributed by atoms with Crippen LogP contribution in [0.25, 0.3) is 11.0 Å². The summed E-state index contributed by atoms with van der Waals surface area (Å²) in [7, 11) is 0. The molecule has 0 fully saturated rings. The summed E-state index contributed by atoms with van der Waals surface area (Å²) in [5.74, 6) is 0.767. The minimum Gasteiger partial charge on any atom is -0.464 e. The Morgan fingerprint density at radius 1 is 0.964 bits per heavy atom. The highest BCUT2D eigenvalue weighted by Gasteiger charge is 2.25. The minimum absolute atomic E-state index is 0.212. The molecule has 2 aromatic carbocycles. The largest absolute Gasteiger partial charge is 0.464 e. The number of furan rings is 1. The number of nitrogens with one attached hydrogen (secondary N) is 3. The highest BCUT2D eigenvalue weighted by atomic mass is 16.3. The van der Waals surface area contributed by atoms with Crippen LogP contribution in [-0.4, -0.2) is 15.5 Å². The first-order valence-corrected chi connectivity index (χ1v) is 8.76. The Bertz CT molecular complexity index is 1230. The van der Waals surface area contributed by atoms with Crippen LogP contribution in [0, 0.1) is 0 Å². The molecule has 0 spiro atoms. The van der Waals surface area contributed by atoms with Crippen LogP contribution < -0.4 is 26.8 Å². The molecule has 8 nitrogen and oxygen atoms in total. The summed E-state index contributed by atoms with van der Waals surface area (Å²) in [6.45, 7) is 5.74. The molecule has 8 heteroatoms. The van der Waals surface area contributed by atoms with E-state index in [4.69, 9.17) is 4.42 Å². The van der Waals surface area contributed by atoms with Gasteiger partial charge in [0.15, 0.2) is 0 Å². The van der Waals surface area contributed by atoms with Crippen molar-refractivity contribution in [1.82, 2.24) is 9.97 Å². The van der Waals surface area contributed by atoms with E-state index in [-0.39, 0.29) is 16.9 Å². The number of hydrogen-bond donors (Lipinski definition) is 3. The molecule has 28 heavy (non-hydrogen) atoms. The average Bonchev–Trinajstić information content (AvgIpc) is 3.11. The summed E-state index contributed by atoms with van der Waals surface area (Å²) in [6.07, 6.45) is 3.19. The molecule has 0 bridgehead atoms. The summed E-state index contributed by atoms with van der Waals surface area (Å²) < 4.78 is 5.33. The van der Waals surface area contributed by atoms with Crippen LogP contribution in [0.2, 0.25) is 0 Å². The molecule has 0 radical (unpaired) electrons. The molecule has 2 heterocycles. The zero-order valence-corrected chi connectivity index (χ0v) is 15.7. The van der Waals surface area contributed by atoms with Crippen LogP contribution in [-0.2, 0) is 0 Å². The fourth-order valence-corrected chi connectivity index (χ4v) is 2.80. The number of hydrogen-bond acceptors (Lipinski definition) is 8. The van der Waals surface area contributed by atoms with Gasteiger partial charge in [-0.1, -0.05) is 0 Å². The third-order valence-corrected chi connectivity index (χ3v) is 4.03. The molecule has 0 atom stereocenters. The second-order valence-electron chi connectivity index (χ2n) is 7.47. The summed E-state index contributed by atoms with van der Waals surface area (Å²) >= 11 is 0. The zero-order valence-electron chi connectivity index (χ0n) is 15.7. The van der Waals surface area contributed by atoms with Crippen molar-refractivity contribution in [1.29, 1.82) is 0 Å². The molecule has 0 amide bonds. The fourth-order valence-electron chi connectivity index (χ4n) is 2.80. The molecule has 0 aliphatic rings. The van der Waals surface area contributed by atoms with Gasteiger partial charge in [0.1, 0.15) is 22.8 Å². The Labute approximate surface area is 160 Å². The van der Waals surface area contributed by atoms with Crippen molar-refractivity contribution in [2.24, 2.45) is 0 Å². The first-order chi connectivity index (χ1) is 13.3. The van der Waals surface area contributed by atoms with E-state index < -0.39 is 10.9 Å². The molecule has 0 saturated carbocycles. The van der Waals surface area contributed by atoms with E-state index in [9.17, 15) is 9.59 Å². The van der Waals surface area contributed by atoms with Crippen LogP contribution in [0.3, 0.4) is 0 Å². The van der Waals surface area contributed by atoms with Gasteiger partial charge >= 0.3 is 0 Å². The van der Waals surface area contributed by atoms with Crippen LogP contribution in [0.1, 0.15) is 20.8 Å². The predicted molar refractivity (Wildman–Crippen MR) is 110 cm³/mol. The Morgan fingerprint density at radius 3 is 2.54 bits per heavy atom. The van der Waals surface area contributed by atoms with E-state index in [1.807, 2.05) is 45.0 Å². The maximum atomic E-state index is 12.0. The SMILES string of the molecule is CC(C)(C)Nc1c(Nc2ccnc(Nc3ccc4occc4c3)n2)c(=O)c1=O. The monoisotopic (exact) mass is 377 g/mol. The maximum Gasteiger partial charge on any atom is 0.253 e. The Kier molecular flexibility index (Phi) is 4.11. The topological polar surface area (TPSA) is 109 Å². The minimum atomic E-state index is -0.565. The summed E-state index contributed by atoms with van der Waals surface area (Å²) in [5, 5.41) is 10.1. The molecule has 4 aromatic rings. The Hall–Kier alpha value is -3.68. The van der Waals surface area contributed by atoms with Crippen LogP contribution in [0.5, 0.6) is 0 Å². The van der Waals surface area contributed by atoms with Gasteiger partial charge < -0.3 is 20.4 Å². The zero-order chi connectivity index (χ0) is 19.9. The molecule has 0 aliphatic carbocycles. The number of benzene rings is 1. The van der Waals surface area contributed by atoms with Crippen molar-refractivity contribution in [3.63, 3.8) is 0 Å². The van der Waals surface area contributed by atoms with Crippen molar-refractivity contribution >= 4 is 39.8 Å². The summed E-state index contributed by atoms with van der Waals surface area (Å²) in [6, 6.07) is 9.13. The van der Waals surface area contributed by atoms with Crippen molar-refractivity contribution in [3.8, 4) is 0 Å². The van der Waals surface area contributed by atoms with Gasteiger partial charge in [0.05, 0.1) is 6.26 Å². The summed E-state index contributed by atoms with van der Waals surface area (Å²) in [4.78, 5) is 32.4. The highest BCUT2D eigenvalue weighted by Crippen LogP contribution is 2.24. The fraction of sp³-hybridized carbons (Fsp3) is 0.200. The van der Waals surface area contributed by atoms with Crippen molar-refractivity contribution in [3.05, 3.63) is 63.2 Å². The number of rotatable bonds is 5. The molecular weight excluding hydrogens is 358 g/mol.